The Kier molecular flexibility index (Phi) is 4.46. The molecule has 0 saturated carbocycles. The number of hydrogen-bond acceptors (Lipinski definition) is 2. The number of furan rings is 1. The number of alkyl halides is 6. The summed E-state index contributed by atoms with van der Waals surface area (Å²) >= 11 is 0. The first-order valence-corrected chi connectivity index (χ1v) is 6.34. The number of rotatable bonds is 3. The van der Waals surface area contributed by atoms with E-state index in [0.717, 1.165) is 12.2 Å². The molecule has 128 valence electrons. The minimum atomic E-state index is -4.95. The largest absolute Gasteiger partial charge is 0.457 e. The third-order valence-electron chi connectivity index (χ3n) is 2.91. The molecule has 0 aliphatic heterocycles. The number of carbonyl (C=O) groups excluding carboxylic acids is 1. The quantitative estimate of drug-likeness (QED) is 0.656. The summed E-state index contributed by atoms with van der Waals surface area (Å²) in [6, 6.07) is 3.60. The summed E-state index contributed by atoms with van der Waals surface area (Å²) in [7, 11) is 0. The summed E-state index contributed by atoms with van der Waals surface area (Å²) in [5.41, 5.74) is 1.59. The summed E-state index contributed by atoms with van der Waals surface area (Å²) in [5, 5.41) is 0. The molecule has 1 aromatic heterocycles. The van der Waals surface area contributed by atoms with Gasteiger partial charge in [-0.1, -0.05) is 0 Å². The SMILES string of the molecule is NC(=O)/C=C/c1ccc(-c2cc(C(F)(F)F)cc(C(F)(F)F)c2)o1. The van der Waals surface area contributed by atoms with E-state index in [0.29, 0.717) is 12.1 Å². The van der Waals surface area contributed by atoms with Crippen LogP contribution in [0.1, 0.15) is 16.9 Å². The number of primary amides is 1. The van der Waals surface area contributed by atoms with Crippen LogP contribution in [0.25, 0.3) is 17.4 Å². The molecule has 1 heterocycles. The second-order valence-corrected chi connectivity index (χ2v) is 4.73. The maximum Gasteiger partial charge on any atom is 0.416 e. The van der Waals surface area contributed by atoms with Crippen LogP contribution in [-0.4, -0.2) is 5.91 Å². The molecule has 0 atom stereocenters. The second kappa shape index (κ2) is 6.06. The van der Waals surface area contributed by atoms with Gasteiger partial charge in [-0.25, -0.2) is 0 Å². The lowest BCUT2D eigenvalue weighted by Crippen LogP contribution is -2.11. The number of nitrogens with two attached hydrogens (primary N) is 1. The average Bonchev–Trinajstić information content (AvgIpc) is 2.91. The van der Waals surface area contributed by atoms with Gasteiger partial charge in [0, 0.05) is 11.6 Å². The molecule has 1 amide bonds. The Hall–Kier alpha value is -2.71. The highest BCUT2D eigenvalue weighted by Crippen LogP contribution is 2.38. The molecular formula is C15H9F6NO2. The van der Waals surface area contributed by atoms with Crippen LogP contribution in [0, 0.1) is 0 Å². The lowest BCUT2D eigenvalue weighted by Gasteiger charge is -2.13. The van der Waals surface area contributed by atoms with Crippen molar-refractivity contribution in [2.75, 3.05) is 0 Å². The second-order valence-electron chi connectivity index (χ2n) is 4.73. The van der Waals surface area contributed by atoms with Crippen LogP contribution in [0.15, 0.2) is 40.8 Å². The van der Waals surface area contributed by atoms with Crippen LogP contribution in [0.5, 0.6) is 0 Å². The van der Waals surface area contributed by atoms with Crippen LogP contribution in [0.4, 0.5) is 26.3 Å². The number of carbonyl (C=O) groups is 1. The highest BCUT2D eigenvalue weighted by atomic mass is 19.4. The Bertz CT molecular complexity index is 754. The van der Waals surface area contributed by atoms with Crippen molar-refractivity contribution in [1.82, 2.24) is 0 Å². The standard InChI is InChI=1S/C15H9F6NO2/c16-14(17,18)9-5-8(6-10(7-9)15(19,20)21)12-3-1-11(24-12)2-4-13(22)23/h1-7H,(H2,22,23)/b4-2+. The molecule has 2 N–H and O–H groups in total. The molecule has 2 aromatic rings. The van der Waals surface area contributed by atoms with Crippen molar-refractivity contribution < 1.29 is 35.6 Å². The van der Waals surface area contributed by atoms with Crippen LogP contribution in [0.3, 0.4) is 0 Å². The molecule has 0 aliphatic carbocycles. The normalized spacial score (nSPS) is 12.8. The van der Waals surface area contributed by atoms with E-state index in [-0.39, 0.29) is 17.6 Å². The van der Waals surface area contributed by atoms with E-state index in [2.05, 4.69) is 0 Å². The van der Waals surface area contributed by atoms with E-state index in [1.54, 1.807) is 0 Å². The third kappa shape index (κ3) is 4.18. The van der Waals surface area contributed by atoms with Gasteiger partial charge in [0.05, 0.1) is 11.1 Å². The van der Waals surface area contributed by atoms with Crippen molar-refractivity contribution in [3.63, 3.8) is 0 Å². The fraction of sp³-hybridized carbons (Fsp3) is 0.133. The van der Waals surface area contributed by atoms with Gasteiger partial charge in [-0.05, 0) is 36.4 Å². The van der Waals surface area contributed by atoms with E-state index >= 15 is 0 Å². The van der Waals surface area contributed by atoms with E-state index in [1.165, 1.54) is 12.1 Å². The van der Waals surface area contributed by atoms with Gasteiger partial charge in [-0.15, -0.1) is 0 Å². The van der Waals surface area contributed by atoms with Crippen LogP contribution >= 0.6 is 0 Å². The number of hydrogen-bond donors (Lipinski definition) is 1. The summed E-state index contributed by atoms with van der Waals surface area (Å²) < 4.78 is 82.0. The van der Waals surface area contributed by atoms with E-state index in [4.69, 9.17) is 10.2 Å². The molecule has 3 nitrogen and oxygen atoms in total. The molecule has 24 heavy (non-hydrogen) atoms. The monoisotopic (exact) mass is 349 g/mol. The highest BCUT2D eigenvalue weighted by molar-refractivity contribution is 5.89. The fourth-order valence-corrected chi connectivity index (χ4v) is 1.86. The predicted molar refractivity (Wildman–Crippen MR) is 72.4 cm³/mol. The first-order chi connectivity index (χ1) is 11.0. The van der Waals surface area contributed by atoms with E-state index in [1.807, 2.05) is 0 Å². The summed E-state index contributed by atoms with van der Waals surface area (Å²) in [6.07, 6.45) is -7.81. The fourth-order valence-electron chi connectivity index (χ4n) is 1.86. The molecule has 0 unspecified atom stereocenters. The zero-order valence-electron chi connectivity index (χ0n) is 11.7. The van der Waals surface area contributed by atoms with Crippen molar-refractivity contribution in [3.8, 4) is 11.3 Å². The molecule has 0 spiro atoms. The van der Waals surface area contributed by atoms with Crippen LogP contribution in [-0.2, 0) is 17.1 Å². The van der Waals surface area contributed by atoms with Gasteiger partial charge in [-0.2, -0.15) is 26.3 Å². The zero-order chi connectivity index (χ0) is 18.1. The minimum absolute atomic E-state index is 0.0281. The van der Waals surface area contributed by atoms with Crippen molar-refractivity contribution in [2.45, 2.75) is 12.4 Å². The Morgan fingerprint density at radius 2 is 1.50 bits per heavy atom. The molecule has 0 aliphatic rings. The first-order valence-electron chi connectivity index (χ1n) is 6.34. The van der Waals surface area contributed by atoms with E-state index < -0.39 is 35.0 Å². The number of benzene rings is 1. The lowest BCUT2D eigenvalue weighted by atomic mass is 10.0. The summed E-state index contributed by atoms with van der Waals surface area (Å²) in [6.45, 7) is 0. The molecule has 0 saturated heterocycles. The van der Waals surface area contributed by atoms with Crippen molar-refractivity contribution in [1.29, 1.82) is 0 Å². The number of halogens is 6. The van der Waals surface area contributed by atoms with Crippen LogP contribution in [0.2, 0.25) is 0 Å². The molecule has 0 bridgehead atoms. The smallest absolute Gasteiger partial charge is 0.416 e. The molecule has 0 fully saturated rings. The van der Waals surface area contributed by atoms with Crippen molar-refractivity contribution in [2.24, 2.45) is 5.73 Å². The topological polar surface area (TPSA) is 56.2 Å². The van der Waals surface area contributed by atoms with Crippen molar-refractivity contribution >= 4 is 12.0 Å². The minimum Gasteiger partial charge on any atom is -0.457 e. The first kappa shape index (κ1) is 17.6. The Balaban J connectivity index is 2.52. The maximum atomic E-state index is 12.8. The average molecular weight is 349 g/mol. The van der Waals surface area contributed by atoms with Crippen LogP contribution < -0.4 is 5.73 Å². The Morgan fingerprint density at radius 1 is 0.958 bits per heavy atom. The van der Waals surface area contributed by atoms with Gasteiger partial charge in [0.1, 0.15) is 11.5 Å². The van der Waals surface area contributed by atoms with Gasteiger partial charge in [0.2, 0.25) is 5.91 Å². The third-order valence-corrected chi connectivity index (χ3v) is 2.91. The van der Waals surface area contributed by atoms with Gasteiger partial charge < -0.3 is 10.2 Å². The molecule has 2 rings (SSSR count). The summed E-state index contributed by atoms with van der Waals surface area (Å²) in [4.78, 5) is 10.6. The Labute approximate surface area is 131 Å². The highest BCUT2D eigenvalue weighted by Gasteiger charge is 2.37. The predicted octanol–water partition coefficient (Wildman–Crippen LogP) is 4.48. The van der Waals surface area contributed by atoms with Gasteiger partial charge in [0.25, 0.3) is 0 Å². The van der Waals surface area contributed by atoms with Gasteiger partial charge in [0.15, 0.2) is 0 Å². The lowest BCUT2D eigenvalue weighted by molar-refractivity contribution is -0.143. The van der Waals surface area contributed by atoms with Gasteiger partial charge in [-0.3, -0.25) is 4.79 Å². The number of amides is 1. The van der Waals surface area contributed by atoms with Gasteiger partial charge >= 0.3 is 12.4 Å². The van der Waals surface area contributed by atoms with Crippen molar-refractivity contribution in [3.05, 3.63) is 53.3 Å². The summed E-state index contributed by atoms with van der Waals surface area (Å²) in [5.74, 6) is -0.947. The maximum absolute atomic E-state index is 12.8. The molecule has 0 radical (unpaired) electrons. The zero-order valence-corrected chi connectivity index (χ0v) is 11.7. The molecule has 9 heteroatoms. The van der Waals surface area contributed by atoms with E-state index in [9.17, 15) is 31.1 Å². The Morgan fingerprint density at radius 3 is 1.96 bits per heavy atom. The molecule has 1 aromatic carbocycles. The molecular weight excluding hydrogens is 340 g/mol.